The van der Waals surface area contributed by atoms with Crippen LogP contribution in [0.4, 0.5) is 0 Å². The van der Waals surface area contributed by atoms with Gasteiger partial charge in [-0.3, -0.25) is 9.59 Å². The molecule has 0 aliphatic rings. The van der Waals surface area contributed by atoms with Crippen LogP contribution in [-0.4, -0.2) is 36.4 Å². The number of fused-ring (bicyclic) bond motifs is 2. The third kappa shape index (κ3) is 6.46. The summed E-state index contributed by atoms with van der Waals surface area (Å²) in [6, 6.07) is 18.1. The average molecular weight is 449 g/mol. The number of benzene rings is 2. The van der Waals surface area contributed by atoms with Gasteiger partial charge in [0.2, 0.25) is 11.1 Å². The molecule has 0 saturated carbocycles. The van der Waals surface area contributed by atoms with Crippen LogP contribution in [0.15, 0.2) is 70.3 Å². The largest absolute Gasteiger partial charge is 0.494 e. The molecule has 7 nitrogen and oxygen atoms in total. The summed E-state index contributed by atoms with van der Waals surface area (Å²) in [5.41, 5.74) is 1.26. The van der Waals surface area contributed by atoms with Gasteiger partial charge in [0.15, 0.2) is 0 Å². The number of ether oxygens (including phenoxy) is 3. The Morgan fingerprint density at radius 2 is 1.30 bits per heavy atom. The van der Waals surface area contributed by atoms with E-state index < -0.39 is 0 Å². The van der Waals surface area contributed by atoms with Crippen LogP contribution in [0.2, 0.25) is 0 Å². The highest BCUT2D eigenvalue weighted by molar-refractivity contribution is 5.84. The lowest BCUT2D eigenvalue weighted by Crippen LogP contribution is -2.06. The van der Waals surface area contributed by atoms with Crippen molar-refractivity contribution in [3.63, 3.8) is 0 Å². The van der Waals surface area contributed by atoms with E-state index in [1.165, 1.54) is 12.1 Å². The molecule has 0 spiro atoms. The van der Waals surface area contributed by atoms with Gasteiger partial charge < -0.3 is 24.2 Å². The van der Waals surface area contributed by atoms with Crippen LogP contribution in [0.3, 0.4) is 0 Å². The highest BCUT2D eigenvalue weighted by Gasteiger charge is 2.03. The number of aromatic nitrogens is 2. The minimum Gasteiger partial charge on any atom is -0.494 e. The maximum atomic E-state index is 11.6. The summed E-state index contributed by atoms with van der Waals surface area (Å²) < 4.78 is 17.3. The minimum atomic E-state index is -0.133. The standard InChI is InChI=1S/C26H28N2O5/c29-24-12-9-19-8-11-21(18-22(19)27-24)32-16-3-1-14-31-15-2-4-17-33-23-7-5-6-20-10-13-25(30)28-26(20)23/h5-13,18H,1-4,14-17H2,(H,27,29)(H,28,30). The average Bonchev–Trinajstić information content (AvgIpc) is 2.82. The first-order valence-corrected chi connectivity index (χ1v) is 11.3. The molecule has 7 heteroatoms. The van der Waals surface area contributed by atoms with Gasteiger partial charge in [-0.15, -0.1) is 0 Å². The molecule has 0 amide bonds. The van der Waals surface area contributed by atoms with Crippen molar-refractivity contribution in [3.8, 4) is 11.5 Å². The first-order valence-electron chi connectivity index (χ1n) is 11.3. The second-order valence-corrected chi connectivity index (χ2v) is 7.84. The molecule has 2 aromatic carbocycles. The van der Waals surface area contributed by atoms with Crippen LogP contribution in [0.5, 0.6) is 11.5 Å². The number of rotatable bonds is 12. The minimum absolute atomic E-state index is 0.117. The summed E-state index contributed by atoms with van der Waals surface area (Å²) in [7, 11) is 0. The van der Waals surface area contributed by atoms with E-state index in [-0.39, 0.29) is 11.1 Å². The zero-order chi connectivity index (χ0) is 22.9. The topological polar surface area (TPSA) is 93.4 Å². The van der Waals surface area contributed by atoms with E-state index in [1.807, 2.05) is 36.4 Å². The molecule has 2 aromatic heterocycles. The van der Waals surface area contributed by atoms with Crippen molar-refractivity contribution < 1.29 is 14.2 Å². The molecule has 2 N–H and O–H groups in total. The highest BCUT2D eigenvalue weighted by atomic mass is 16.5. The van der Waals surface area contributed by atoms with Crippen molar-refractivity contribution >= 4 is 21.8 Å². The lowest BCUT2D eigenvalue weighted by Gasteiger charge is -2.09. The van der Waals surface area contributed by atoms with E-state index in [4.69, 9.17) is 14.2 Å². The molecular weight excluding hydrogens is 420 g/mol. The number of unbranched alkanes of at least 4 members (excludes halogenated alkanes) is 2. The molecular formula is C26H28N2O5. The number of aromatic amines is 2. The second kappa shape index (κ2) is 11.3. The van der Waals surface area contributed by atoms with E-state index >= 15 is 0 Å². The second-order valence-electron chi connectivity index (χ2n) is 7.84. The number of pyridine rings is 2. The zero-order valence-electron chi connectivity index (χ0n) is 18.5. The molecule has 0 unspecified atom stereocenters. The number of H-pyrrole nitrogens is 2. The molecule has 0 atom stereocenters. The molecule has 33 heavy (non-hydrogen) atoms. The van der Waals surface area contributed by atoms with Crippen molar-refractivity contribution in [2.45, 2.75) is 25.7 Å². The molecule has 0 fully saturated rings. The predicted molar refractivity (Wildman–Crippen MR) is 129 cm³/mol. The Balaban J connectivity index is 1.06. The fourth-order valence-corrected chi connectivity index (χ4v) is 3.58. The zero-order valence-corrected chi connectivity index (χ0v) is 18.5. The van der Waals surface area contributed by atoms with Gasteiger partial charge >= 0.3 is 0 Å². The van der Waals surface area contributed by atoms with Gasteiger partial charge in [0.1, 0.15) is 11.5 Å². The molecule has 0 radical (unpaired) electrons. The summed E-state index contributed by atoms with van der Waals surface area (Å²) in [5.74, 6) is 1.45. The van der Waals surface area contributed by atoms with Gasteiger partial charge in [-0.25, -0.2) is 0 Å². The monoisotopic (exact) mass is 448 g/mol. The van der Waals surface area contributed by atoms with Crippen LogP contribution in [0.25, 0.3) is 21.8 Å². The van der Waals surface area contributed by atoms with Gasteiger partial charge in [-0.05, 0) is 61.4 Å². The molecule has 172 valence electrons. The van der Waals surface area contributed by atoms with Crippen molar-refractivity contribution in [2.24, 2.45) is 0 Å². The maximum Gasteiger partial charge on any atom is 0.248 e. The quantitative estimate of drug-likeness (QED) is 0.313. The van der Waals surface area contributed by atoms with Gasteiger partial charge in [-0.1, -0.05) is 12.1 Å². The lowest BCUT2D eigenvalue weighted by molar-refractivity contribution is 0.119. The number of hydrogen-bond acceptors (Lipinski definition) is 5. The Morgan fingerprint density at radius 3 is 2.12 bits per heavy atom. The Hall–Kier alpha value is -3.58. The Labute approximate surface area is 191 Å². The summed E-state index contributed by atoms with van der Waals surface area (Å²) in [4.78, 5) is 28.6. The lowest BCUT2D eigenvalue weighted by atomic mass is 10.2. The molecule has 4 rings (SSSR count). The van der Waals surface area contributed by atoms with Crippen LogP contribution in [0.1, 0.15) is 25.7 Å². The maximum absolute atomic E-state index is 11.6. The summed E-state index contributed by atoms with van der Waals surface area (Å²) in [6.07, 6.45) is 3.60. The Bertz CT molecular complexity index is 1310. The van der Waals surface area contributed by atoms with Crippen LogP contribution >= 0.6 is 0 Å². The molecule has 4 aromatic rings. The third-order valence-corrected chi connectivity index (χ3v) is 5.31. The Morgan fingerprint density at radius 1 is 0.636 bits per heavy atom. The van der Waals surface area contributed by atoms with Crippen LogP contribution in [-0.2, 0) is 4.74 Å². The smallest absolute Gasteiger partial charge is 0.248 e. The summed E-state index contributed by atoms with van der Waals surface area (Å²) in [5, 5.41) is 1.93. The number of para-hydroxylation sites is 1. The molecule has 2 heterocycles. The normalized spacial score (nSPS) is 11.2. The van der Waals surface area contributed by atoms with Gasteiger partial charge in [0.25, 0.3) is 0 Å². The van der Waals surface area contributed by atoms with Crippen molar-refractivity contribution in [1.82, 2.24) is 9.97 Å². The third-order valence-electron chi connectivity index (χ3n) is 5.31. The van der Waals surface area contributed by atoms with Crippen LogP contribution in [0, 0.1) is 0 Å². The number of hydrogen-bond donors (Lipinski definition) is 2. The fraction of sp³-hybridized carbons (Fsp3) is 0.308. The summed E-state index contributed by atoms with van der Waals surface area (Å²) >= 11 is 0. The molecule has 0 bridgehead atoms. The first kappa shape index (κ1) is 22.6. The van der Waals surface area contributed by atoms with E-state index in [0.717, 1.165) is 53.2 Å². The van der Waals surface area contributed by atoms with Gasteiger partial charge in [0, 0.05) is 36.8 Å². The van der Waals surface area contributed by atoms with Crippen LogP contribution < -0.4 is 20.6 Å². The van der Waals surface area contributed by atoms with Crippen molar-refractivity contribution in [3.05, 3.63) is 81.4 Å². The summed E-state index contributed by atoms with van der Waals surface area (Å²) in [6.45, 7) is 2.56. The molecule has 0 saturated heterocycles. The number of nitrogens with one attached hydrogen (secondary N) is 2. The SMILES string of the molecule is O=c1ccc2ccc(OCCCCOCCCCOc3cccc4ccc(=O)[nH]c34)cc2[nH]1. The van der Waals surface area contributed by atoms with Gasteiger partial charge in [0.05, 0.1) is 24.2 Å². The fourth-order valence-electron chi connectivity index (χ4n) is 3.58. The van der Waals surface area contributed by atoms with Crippen molar-refractivity contribution in [2.75, 3.05) is 26.4 Å². The van der Waals surface area contributed by atoms with E-state index in [1.54, 1.807) is 12.1 Å². The van der Waals surface area contributed by atoms with E-state index in [9.17, 15) is 9.59 Å². The van der Waals surface area contributed by atoms with E-state index in [0.29, 0.717) is 32.2 Å². The van der Waals surface area contributed by atoms with Crippen molar-refractivity contribution in [1.29, 1.82) is 0 Å². The highest BCUT2D eigenvalue weighted by Crippen LogP contribution is 2.22. The molecule has 0 aliphatic carbocycles. The van der Waals surface area contributed by atoms with E-state index in [2.05, 4.69) is 9.97 Å². The van der Waals surface area contributed by atoms with Gasteiger partial charge in [-0.2, -0.15) is 0 Å². The Kier molecular flexibility index (Phi) is 7.76. The first-order chi connectivity index (χ1) is 16.2. The predicted octanol–water partition coefficient (Wildman–Crippen LogP) is 4.40. The molecule has 0 aliphatic heterocycles.